The number of benzene rings is 1. The van der Waals surface area contributed by atoms with E-state index in [1.807, 2.05) is 0 Å². The van der Waals surface area contributed by atoms with Crippen LogP contribution in [0, 0.1) is 5.92 Å². The molecule has 1 unspecified atom stereocenters. The Bertz CT molecular complexity index is 787. The third-order valence-electron chi connectivity index (χ3n) is 7.39. The van der Waals surface area contributed by atoms with Crippen molar-refractivity contribution in [3.8, 4) is 0 Å². The number of hydrogen-bond acceptors (Lipinski definition) is 5. The van der Waals surface area contributed by atoms with Crippen LogP contribution in [0.3, 0.4) is 0 Å². The number of carboxylic acid groups (broad SMARTS) is 1. The molecule has 1 aromatic rings. The van der Waals surface area contributed by atoms with Gasteiger partial charge in [0, 0.05) is 44.2 Å². The van der Waals surface area contributed by atoms with Gasteiger partial charge in [-0.2, -0.15) is 0 Å². The van der Waals surface area contributed by atoms with Crippen LogP contribution in [0.4, 0.5) is 0 Å². The van der Waals surface area contributed by atoms with Gasteiger partial charge in [0.15, 0.2) is 0 Å². The van der Waals surface area contributed by atoms with Crippen molar-refractivity contribution >= 4 is 11.9 Å². The Hall–Kier alpha value is -1.96. The number of nitrogens with one attached hydrogen (secondary N) is 1. The molecule has 30 heavy (non-hydrogen) atoms. The summed E-state index contributed by atoms with van der Waals surface area (Å²) in [4.78, 5) is 27.1. The maximum atomic E-state index is 12.4. The van der Waals surface area contributed by atoms with Crippen molar-refractivity contribution in [2.45, 2.75) is 49.3 Å². The maximum absolute atomic E-state index is 12.4. The number of hydrogen-bond donors (Lipinski definition) is 2. The molecule has 4 aliphatic rings. The number of rotatable bonds is 6. The number of carboxylic acids is 1. The molecule has 0 bridgehead atoms. The zero-order chi connectivity index (χ0) is 20.7. The topological polar surface area (TPSA) is 82.1 Å². The highest BCUT2D eigenvalue weighted by Gasteiger charge is 2.46. The molecule has 7 nitrogen and oxygen atoms in total. The summed E-state index contributed by atoms with van der Waals surface area (Å²) in [5.41, 5.74) is 1.39. The Balaban J connectivity index is 1.04. The highest BCUT2D eigenvalue weighted by atomic mass is 16.5. The lowest BCUT2D eigenvalue weighted by molar-refractivity contribution is -0.153. The number of carbonyl (C=O) groups is 2. The molecule has 162 valence electrons. The fraction of sp³-hybridized carbons (Fsp3) is 0.652. The van der Waals surface area contributed by atoms with E-state index < -0.39 is 5.97 Å². The molecule has 1 amide bonds. The van der Waals surface area contributed by atoms with Crippen molar-refractivity contribution in [1.29, 1.82) is 0 Å². The average molecular weight is 414 g/mol. The minimum atomic E-state index is -0.804. The molecule has 1 aliphatic carbocycles. The van der Waals surface area contributed by atoms with Gasteiger partial charge in [-0.15, -0.1) is 0 Å². The summed E-state index contributed by atoms with van der Waals surface area (Å²) in [6.45, 7) is 3.61. The zero-order valence-electron chi connectivity index (χ0n) is 17.3. The Morgan fingerprint density at radius 1 is 1.17 bits per heavy atom. The van der Waals surface area contributed by atoms with Crippen LogP contribution in [-0.4, -0.2) is 83.8 Å². The van der Waals surface area contributed by atoms with Crippen LogP contribution in [0.25, 0.3) is 0 Å². The van der Waals surface area contributed by atoms with Crippen molar-refractivity contribution < 1.29 is 19.4 Å². The van der Waals surface area contributed by atoms with Gasteiger partial charge in [0.1, 0.15) is 0 Å². The first-order valence-corrected chi connectivity index (χ1v) is 11.2. The molecule has 2 N–H and O–H groups in total. The first-order valence-electron chi connectivity index (χ1n) is 11.2. The normalized spacial score (nSPS) is 30.9. The molecule has 7 heteroatoms. The summed E-state index contributed by atoms with van der Waals surface area (Å²) in [6.07, 6.45) is 4.19. The predicted molar refractivity (Wildman–Crippen MR) is 111 cm³/mol. The highest BCUT2D eigenvalue weighted by molar-refractivity contribution is 5.82. The third-order valence-corrected chi connectivity index (χ3v) is 7.39. The minimum absolute atomic E-state index is 0.0422. The van der Waals surface area contributed by atoms with Gasteiger partial charge in [-0.05, 0) is 31.2 Å². The molecule has 0 aromatic heterocycles. The van der Waals surface area contributed by atoms with Crippen LogP contribution in [-0.2, 0) is 14.3 Å². The molecule has 5 rings (SSSR count). The Morgan fingerprint density at radius 3 is 2.60 bits per heavy atom. The summed E-state index contributed by atoms with van der Waals surface area (Å²) in [6, 6.07) is 11.7. The molecule has 1 saturated carbocycles. The van der Waals surface area contributed by atoms with Crippen LogP contribution in [0.1, 0.15) is 37.2 Å². The monoisotopic (exact) mass is 413 g/mol. The van der Waals surface area contributed by atoms with E-state index >= 15 is 0 Å². The highest BCUT2D eigenvalue weighted by Crippen LogP contribution is 2.43. The second-order valence-corrected chi connectivity index (χ2v) is 9.53. The van der Waals surface area contributed by atoms with Gasteiger partial charge in [-0.25, -0.2) is 0 Å². The molecule has 1 spiro atoms. The lowest BCUT2D eigenvalue weighted by Gasteiger charge is -2.41. The fourth-order valence-electron chi connectivity index (χ4n) is 5.30. The second kappa shape index (κ2) is 7.94. The molecular formula is C23H31N3O4. The minimum Gasteiger partial charge on any atom is -0.481 e. The lowest BCUT2D eigenvalue weighted by atomic mass is 9.87. The molecule has 1 aromatic carbocycles. The Morgan fingerprint density at radius 2 is 1.90 bits per heavy atom. The molecule has 3 heterocycles. The maximum Gasteiger partial charge on any atom is 0.310 e. The third kappa shape index (κ3) is 4.11. The number of amides is 1. The van der Waals surface area contributed by atoms with Gasteiger partial charge in [-0.3, -0.25) is 14.5 Å². The Labute approximate surface area is 177 Å². The molecular weight excluding hydrogens is 382 g/mol. The summed E-state index contributed by atoms with van der Waals surface area (Å²) in [5.74, 6) is -0.501. The molecule has 4 fully saturated rings. The molecule has 3 atom stereocenters. The standard InChI is InChI=1S/C23H31N3O4/c27-21(26-12-17(13-26)22(28)29)14-25-8-6-23(7-9-25)11-18(15-30-23)24-20-10-19(20)16-4-2-1-3-5-16/h1-5,17-20,24H,6-15H2,(H,28,29)/t18?,19-,20+/m0/s1. The fourth-order valence-corrected chi connectivity index (χ4v) is 5.30. The number of aliphatic carboxylic acids is 1. The van der Waals surface area contributed by atoms with Crippen LogP contribution in [0.2, 0.25) is 0 Å². The lowest BCUT2D eigenvalue weighted by Crippen LogP contribution is -2.56. The number of piperidine rings is 1. The van der Waals surface area contributed by atoms with Crippen molar-refractivity contribution in [2.75, 3.05) is 39.3 Å². The van der Waals surface area contributed by atoms with Crippen molar-refractivity contribution in [3.05, 3.63) is 35.9 Å². The van der Waals surface area contributed by atoms with E-state index in [1.54, 1.807) is 4.90 Å². The number of carbonyl (C=O) groups excluding carboxylic acids is 1. The molecule has 3 saturated heterocycles. The van der Waals surface area contributed by atoms with Gasteiger partial charge in [0.2, 0.25) is 5.91 Å². The summed E-state index contributed by atoms with van der Waals surface area (Å²) < 4.78 is 6.29. The van der Waals surface area contributed by atoms with Crippen LogP contribution in [0.15, 0.2) is 30.3 Å². The van der Waals surface area contributed by atoms with E-state index in [-0.39, 0.29) is 17.4 Å². The molecule has 0 radical (unpaired) electrons. The smallest absolute Gasteiger partial charge is 0.310 e. The van der Waals surface area contributed by atoms with Crippen LogP contribution >= 0.6 is 0 Å². The van der Waals surface area contributed by atoms with Crippen molar-refractivity contribution in [1.82, 2.24) is 15.1 Å². The number of likely N-dealkylation sites (tertiary alicyclic amines) is 2. The molecule has 3 aliphatic heterocycles. The van der Waals surface area contributed by atoms with E-state index in [2.05, 4.69) is 40.5 Å². The second-order valence-electron chi connectivity index (χ2n) is 9.53. The van der Waals surface area contributed by atoms with Crippen molar-refractivity contribution in [2.24, 2.45) is 5.92 Å². The van der Waals surface area contributed by atoms with E-state index in [0.717, 1.165) is 39.0 Å². The summed E-state index contributed by atoms with van der Waals surface area (Å²) in [7, 11) is 0. The average Bonchev–Trinajstić information content (AvgIpc) is 3.36. The van der Waals surface area contributed by atoms with Gasteiger partial charge in [0.25, 0.3) is 0 Å². The van der Waals surface area contributed by atoms with Gasteiger partial charge in [0.05, 0.1) is 24.7 Å². The van der Waals surface area contributed by atoms with E-state index in [9.17, 15) is 9.59 Å². The van der Waals surface area contributed by atoms with E-state index in [4.69, 9.17) is 9.84 Å². The summed E-state index contributed by atoms with van der Waals surface area (Å²) >= 11 is 0. The summed E-state index contributed by atoms with van der Waals surface area (Å²) in [5, 5.41) is 12.8. The first kappa shape index (κ1) is 20.0. The largest absolute Gasteiger partial charge is 0.481 e. The van der Waals surface area contributed by atoms with E-state index in [1.165, 1.54) is 12.0 Å². The van der Waals surface area contributed by atoms with Crippen LogP contribution < -0.4 is 5.32 Å². The quantitative estimate of drug-likeness (QED) is 0.732. The van der Waals surface area contributed by atoms with Crippen molar-refractivity contribution in [3.63, 3.8) is 0 Å². The van der Waals surface area contributed by atoms with Gasteiger partial charge >= 0.3 is 5.97 Å². The Kier molecular flexibility index (Phi) is 5.29. The van der Waals surface area contributed by atoms with Crippen LogP contribution in [0.5, 0.6) is 0 Å². The van der Waals surface area contributed by atoms with Gasteiger partial charge < -0.3 is 20.1 Å². The zero-order valence-corrected chi connectivity index (χ0v) is 17.3. The SMILES string of the molecule is O=C(O)C1CN(C(=O)CN2CCC3(CC2)CC(N[C@@H]2C[C@H]2c2ccccc2)CO3)C1. The number of ether oxygens (including phenoxy) is 1. The predicted octanol–water partition coefficient (Wildman–Crippen LogP) is 1.30. The van der Waals surface area contributed by atoms with E-state index in [0.29, 0.717) is 37.6 Å². The van der Waals surface area contributed by atoms with Gasteiger partial charge in [-0.1, -0.05) is 30.3 Å². The number of nitrogens with zero attached hydrogens (tertiary/aromatic N) is 2. The first-order chi connectivity index (χ1) is 14.5.